The SMILES string of the molecule is CC(CN1CCOCC1)NCc1ccc(-c2cccc(S(=O)(=O)NC(CC(=O)O)c3ccccc3)c2)cc1. The van der Waals surface area contributed by atoms with E-state index in [9.17, 15) is 18.3 Å². The topological polar surface area (TPSA) is 108 Å². The van der Waals surface area contributed by atoms with Gasteiger partial charge in [0.25, 0.3) is 0 Å². The lowest BCUT2D eigenvalue weighted by atomic mass is 10.0. The second kappa shape index (κ2) is 13.1. The number of nitrogens with one attached hydrogen (secondary N) is 2. The Bertz CT molecular complexity index is 1290. The van der Waals surface area contributed by atoms with E-state index < -0.39 is 22.0 Å². The summed E-state index contributed by atoms with van der Waals surface area (Å²) in [5.74, 6) is -1.08. The molecular formula is C29H35N3O5S. The van der Waals surface area contributed by atoms with Crippen LogP contribution in [0.3, 0.4) is 0 Å². The number of morpholine rings is 1. The lowest BCUT2D eigenvalue weighted by Gasteiger charge is -2.29. The van der Waals surface area contributed by atoms with Gasteiger partial charge in [0.15, 0.2) is 0 Å². The molecule has 2 atom stereocenters. The maximum atomic E-state index is 13.2. The van der Waals surface area contributed by atoms with E-state index >= 15 is 0 Å². The van der Waals surface area contributed by atoms with Gasteiger partial charge in [-0.05, 0) is 41.3 Å². The predicted molar refractivity (Wildman–Crippen MR) is 147 cm³/mol. The van der Waals surface area contributed by atoms with Crippen molar-refractivity contribution >= 4 is 16.0 Å². The largest absolute Gasteiger partial charge is 0.481 e. The van der Waals surface area contributed by atoms with E-state index in [-0.39, 0.29) is 11.3 Å². The summed E-state index contributed by atoms with van der Waals surface area (Å²) in [6.07, 6.45) is -0.358. The minimum Gasteiger partial charge on any atom is -0.481 e. The molecule has 8 nitrogen and oxygen atoms in total. The van der Waals surface area contributed by atoms with Crippen molar-refractivity contribution in [3.05, 3.63) is 90.0 Å². The molecule has 1 aliphatic rings. The Kier molecular flexibility index (Phi) is 9.65. The van der Waals surface area contributed by atoms with Crippen molar-refractivity contribution < 1.29 is 23.1 Å². The molecule has 0 aliphatic carbocycles. The number of hydrogen-bond donors (Lipinski definition) is 3. The smallest absolute Gasteiger partial charge is 0.305 e. The molecule has 1 saturated heterocycles. The monoisotopic (exact) mass is 537 g/mol. The van der Waals surface area contributed by atoms with Crippen molar-refractivity contribution in [2.45, 2.75) is 36.9 Å². The van der Waals surface area contributed by atoms with Gasteiger partial charge in [0.05, 0.1) is 30.6 Å². The molecule has 3 aromatic rings. The number of carbonyl (C=O) groups is 1. The van der Waals surface area contributed by atoms with E-state index in [4.69, 9.17) is 4.74 Å². The summed E-state index contributed by atoms with van der Waals surface area (Å²) in [5, 5.41) is 12.9. The lowest BCUT2D eigenvalue weighted by molar-refractivity contribution is -0.137. The fraction of sp³-hybridized carbons (Fsp3) is 0.345. The van der Waals surface area contributed by atoms with Crippen LogP contribution in [0.5, 0.6) is 0 Å². The van der Waals surface area contributed by atoms with Gasteiger partial charge in [0, 0.05) is 32.2 Å². The minimum absolute atomic E-state index is 0.0870. The Balaban J connectivity index is 1.41. The average molecular weight is 538 g/mol. The van der Waals surface area contributed by atoms with E-state index in [1.54, 1.807) is 42.5 Å². The molecule has 3 aromatic carbocycles. The third-order valence-electron chi connectivity index (χ3n) is 6.60. The van der Waals surface area contributed by atoms with Crippen LogP contribution in [0, 0.1) is 0 Å². The number of sulfonamides is 1. The molecule has 0 amide bonds. The summed E-state index contributed by atoms with van der Waals surface area (Å²) in [5.41, 5.74) is 3.41. The van der Waals surface area contributed by atoms with Crippen molar-refractivity contribution in [2.24, 2.45) is 0 Å². The van der Waals surface area contributed by atoms with Crippen LogP contribution >= 0.6 is 0 Å². The highest BCUT2D eigenvalue weighted by atomic mass is 32.2. The predicted octanol–water partition coefficient (Wildman–Crippen LogP) is 3.66. The third-order valence-corrected chi connectivity index (χ3v) is 8.07. The fourth-order valence-electron chi connectivity index (χ4n) is 4.53. The van der Waals surface area contributed by atoms with Crippen LogP contribution in [0.2, 0.25) is 0 Å². The first-order valence-electron chi connectivity index (χ1n) is 12.8. The van der Waals surface area contributed by atoms with E-state index in [2.05, 4.69) is 21.9 Å². The maximum absolute atomic E-state index is 13.2. The van der Waals surface area contributed by atoms with Gasteiger partial charge >= 0.3 is 5.97 Å². The van der Waals surface area contributed by atoms with Crippen LogP contribution in [0.1, 0.15) is 30.5 Å². The van der Waals surface area contributed by atoms with Crippen LogP contribution in [-0.4, -0.2) is 63.3 Å². The van der Waals surface area contributed by atoms with Gasteiger partial charge < -0.3 is 15.2 Å². The Labute approximate surface area is 224 Å². The van der Waals surface area contributed by atoms with Gasteiger partial charge in [0.2, 0.25) is 10.0 Å². The van der Waals surface area contributed by atoms with Crippen LogP contribution in [0.25, 0.3) is 11.1 Å². The quantitative estimate of drug-likeness (QED) is 0.324. The van der Waals surface area contributed by atoms with E-state index in [1.807, 2.05) is 30.3 Å². The second-order valence-corrected chi connectivity index (χ2v) is 11.3. The first-order valence-corrected chi connectivity index (χ1v) is 14.3. The van der Waals surface area contributed by atoms with Gasteiger partial charge in [-0.25, -0.2) is 13.1 Å². The van der Waals surface area contributed by atoms with Crippen molar-refractivity contribution in [3.8, 4) is 11.1 Å². The Morgan fingerprint density at radius 3 is 2.37 bits per heavy atom. The first kappa shape index (κ1) is 27.9. The minimum atomic E-state index is -3.96. The molecule has 1 aliphatic heterocycles. The number of hydrogen-bond acceptors (Lipinski definition) is 6. The van der Waals surface area contributed by atoms with Gasteiger partial charge in [0.1, 0.15) is 0 Å². The van der Waals surface area contributed by atoms with Crippen LogP contribution in [-0.2, 0) is 26.1 Å². The summed E-state index contributed by atoms with van der Waals surface area (Å²) in [6.45, 7) is 7.44. The highest BCUT2D eigenvalue weighted by Gasteiger charge is 2.24. The van der Waals surface area contributed by atoms with E-state index in [0.717, 1.165) is 56.1 Å². The zero-order valence-corrected chi connectivity index (χ0v) is 22.4. The van der Waals surface area contributed by atoms with Crippen molar-refractivity contribution in [1.29, 1.82) is 0 Å². The Hall–Kier alpha value is -3.08. The normalized spacial score (nSPS) is 16.1. The summed E-state index contributed by atoms with van der Waals surface area (Å²) in [4.78, 5) is 13.9. The summed E-state index contributed by atoms with van der Waals surface area (Å²) < 4.78 is 34.4. The lowest BCUT2D eigenvalue weighted by Crippen LogP contribution is -2.44. The molecule has 0 saturated carbocycles. The molecule has 2 unspecified atom stereocenters. The number of carboxylic acids is 1. The molecule has 3 N–H and O–H groups in total. The van der Waals surface area contributed by atoms with Crippen LogP contribution < -0.4 is 10.0 Å². The molecule has 38 heavy (non-hydrogen) atoms. The average Bonchev–Trinajstić information content (AvgIpc) is 2.93. The number of ether oxygens (including phenoxy) is 1. The van der Waals surface area contributed by atoms with Gasteiger partial charge in [-0.2, -0.15) is 0 Å². The van der Waals surface area contributed by atoms with Gasteiger partial charge in [-0.1, -0.05) is 66.7 Å². The maximum Gasteiger partial charge on any atom is 0.305 e. The van der Waals surface area contributed by atoms with Crippen molar-refractivity contribution in [2.75, 3.05) is 32.8 Å². The van der Waals surface area contributed by atoms with Crippen molar-refractivity contribution in [3.63, 3.8) is 0 Å². The Morgan fingerprint density at radius 2 is 1.68 bits per heavy atom. The highest BCUT2D eigenvalue weighted by Crippen LogP contribution is 2.25. The number of carboxylic acid groups (broad SMARTS) is 1. The van der Waals surface area contributed by atoms with E-state index in [1.165, 1.54) is 6.07 Å². The second-order valence-electron chi connectivity index (χ2n) is 9.60. The number of benzene rings is 3. The molecule has 4 rings (SSSR count). The molecule has 1 fully saturated rings. The molecular weight excluding hydrogens is 502 g/mol. The number of aliphatic carboxylic acids is 1. The number of rotatable bonds is 12. The molecule has 0 bridgehead atoms. The fourth-order valence-corrected chi connectivity index (χ4v) is 5.80. The summed E-state index contributed by atoms with van der Waals surface area (Å²) in [7, 11) is -3.96. The first-order chi connectivity index (χ1) is 18.3. The molecule has 202 valence electrons. The Morgan fingerprint density at radius 1 is 0.974 bits per heavy atom. The zero-order valence-electron chi connectivity index (χ0n) is 21.5. The molecule has 0 spiro atoms. The van der Waals surface area contributed by atoms with Gasteiger partial charge in [-0.15, -0.1) is 0 Å². The van der Waals surface area contributed by atoms with Gasteiger partial charge in [-0.3, -0.25) is 9.69 Å². The zero-order chi connectivity index (χ0) is 27.0. The molecule has 9 heteroatoms. The summed E-state index contributed by atoms with van der Waals surface area (Å²) >= 11 is 0. The van der Waals surface area contributed by atoms with Crippen LogP contribution in [0.4, 0.5) is 0 Å². The van der Waals surface area contributed by atoms with Crippen molar-refractivity contribution in [1.82, 2.24) is 14.9 Å². The van der Waals surface area contributed by atoms with Crippen LogP contribution in [0.15, 0.2) is 83.8 Å². The molecule has 0 radical (unpaired) electrons. The van der Waals surface area contributed by atoms with E-state index in [0.29, 0.717) is 11.6 Å². The standard InChI is InChI=1S/C29H35N3O5S/c1-22(21-32-14-16-37-17-15-32)30-20-23-10-12-24(13-11-23)26-8-5-9-27(18-26)38(35,36)31-28(19-29(33)34)25-6-3-2-4-7-25/h2-13,18,22,28,30-31H,14-17,19-21H2,1H3,(H,33,34). The summed E-state index contributed by atoms with van der Waals surface area (Å²) in [6, 6.07) is 23.0. The molecule has 1 heterocycles. The highest BCUT2D eigenvalue weighted by molar-refractivity contribution is 7.89. The number of nitrogens with zero attached hydrogens (tertiary/aromatic N) is 1. The third kappa shape index (κ3) is 7.96. The molecule has 0 aromatic heterocycles.